The van der Waals surface area contributed by atoms with Crippen LogP contribution in [0, 0.1) is 0 Å². The molecule has 166 valence electrons. The number of hydrogen-bond donors (Lipinski definition) is 0. The zero-order valence-corrected chi connectivity index (χ0v) is 18.7. The molecule has 0 radical (unpaired) electrons. The summed E-state index contributed by atoms with van der Waals surface area (Å²) in [5.41, 5.74) is 1.77. The Kier molecular flexibility index (Phi) is 6.71. The maximum Gasteiger partial charge on any atom is 0.254 e. The molecule has 1 heterocycles. The number of nitrogens with zero attached hydrogens (tertiary/aromatic N) is 3. The van der Waals surface area contributed by atoms with Crippen molar-refractivity contribution in [3.8, 4) is 5.75 Å². The first-order chi connectivity index (χ1) is 15.5. The van der Waals surface area contributed by atoms with Crippen molar-refractivity contribution >= 4 is 22.6 Å². The van der Waals surface area contributed by atoms with E-state index in [4.69, 9.17) is 4.74 Å². The quantitative estimate of drug-likeness (QED) is 0.601. The van der Waals surface area contributed by atoms with Crippen molar-refractivity contribution in [2.45, 2.75) is 6.54 Å². The van der Waals surface area contributed by atoms with Gasteiger partial charge in [-0.25, -0.2) is 0 Å². The van der Waals surface area contributed by atoms with E-state index in [9.17, 15) is 9.59 Å². The number of rotatable bonds is 6. The molecule has 0 saturated carbocycles. The van der Waals surface area contributed by atoms with Crippen LogP contribution in [0.1, 0.15) is 15.9 Å². The lowest BCUT2D eigenvalue weighted by Crippen LogP contribution is -2.51. The molecule has 6 nitrogen and oxygen atoms in total. The van der Waals surface area contributed by atoms with Crippen molar-refractivity contribution in [1.82, 2.24) is 14.7 Å². The van der Waals surface area contributed by atoms with Gasteiger partial charge in [0.05, 0.1) is 13.7 Å². The molecular formula is C26H29N3O3. The Morgan fingerprint density at radius 1 is 0.938 bits per heavy atom. The fourth-order valence-corrected chi connectivity index (χ4v) is 4.14. The first-order valence-electron chi connectivity index (χ1n) is 10.9. The Hall–Kier alpha value is -3.38. The van der Waals surface area contributed by atoms with Gasteiger partial charge in [0.25, 0.3) is 5.91 Å². The number of benzene rings is 3. The summed E-state index contributed by atoms with van der Waals surface area (Å²) in [6.07, 6.45) is 0. The van der Waals surface area contributed by atoms with Crippen molar-refractivity contribution in [3.05, 3.63) is 77.9 Å². The Bertz CT molecular complexity index is 1100. The second kappa shape index (κ2) is 9.83. The maximum atomic E-state index is 13.1. The van der Waals surface area contributed by atoms with E-state index in [1.165, 1.54) is 0 Å². The third-order valence-electron chi connectivity index (χ3n) is 6.02. The van der Waals surface area contributed by atoms with Crippen LogP contribution in [0.5, 0.6) is 5.75 Å². The van der Waals surface area contributed by atoms with Crippen molar-refractivity contribution < 1.29 is 14.3 Å². The lowest BCUT2D eigenvalue weighted by molar-refractivity contribution is -0.132. The van der Waals surface area contributed by atoms with Gasteiger partial charge in [0.2, 0.25) is 5.91 Å². The summed E-state index contributed by atoms with van der Waals surface area (Å²) in [6, 6.07) is 21.6. The van der Waals surface area contributed by atoms with Gasteiger partial charge in [-0.15, -0.1) is 0 Å². The van der Waals surface area contributed by atoms with E-state index in [-0.39, 0.29) is 11.8 Å². The number of carbonyl (C=O) groups is 2. The number of ether oxygens (including phenoxy) is 1. The molecule has 1 aliphatic heterocycles. The summed E-state index contributed by atoms with van der Waals surface area (Å²) in [5.74, 6) is 0.917. The second-order valence-electron chi connectivity index (χ2n) is 8.20. The molecule has 6 heteroatoms. The van der Waals surface area contributed by atoms with Gasteiger partial charge in [-0.3, -0.25) is 14.5 Å². The summed E-state index contributed by atoms with van der Waals surface area (Å²) in [7, 11) is 3.46. The Morgan fingerprint density at radius 2 is 1.66 bits per heavy atom. The molecule has 3 aromatic rings. The van der Waals surface area contributed by atoms with Gasteiger partial charge in [0, 0.05) is 45.3 Å². The van der Waals surface area contributed by atoms with Gasteiger partial charge in [0.1, 0.15) is 5.75 Å². The highest BCUT2D eigenvalue weighted by molar-refractivity contribution is 6.07. The SMILES string of the molecule is COc1cccc(CN(C)C(=O)CN2CCN(C(=O)c3cccc4ccccc34)CC2)c1. The fourth-order valence-electron chi connectivity index (χ4n) is 4.14. The van der Waals surface area contributed by atoms with Gasteiger partial charge in [-0.1, -0.05) is 48.5 Å². The van der Waals surface area contributed by atoms with E-state index in [1.807, 2.05) is 78.7 Å². The van der Waals surface area contributed by atoms with E-state index in [0.29, 0.717) is 39.3 Å². The van der Waals surface area contributed by atoms with Crippen molar-refractivity contribution in [3.63, 3.8) is 0 Å². The average molecular weight is 432 g/mol. The predicted octanol–water partition coefficient (Wildman–Crippen LogP) is 3.26. The van der Waals surface area contributed by atoms with Crippen molar-refractivity contribution in [2.24, 2.45) is 0 Å². The molecule has 0 bridgehead atoms. The molecule has 2 amide bonds. The Balaban J connectivity index is 1.31. The Morgan fingerprint density at radius 3 is 2.44 bits per heavy atom. The van der Waals surface area contributed by atoms with Gasteiger partial charge < -0.3 is 14.5 Å². The minimum atomic E-state index is 0.0583. The van der Waals surface area contributed by atoms with E-state index < -0.39 is 0 Å². The zero-order chi connectivity index (χ0) is 22.5. The van der Waals surface area contributed by atoms with E-state index in [2.05, 4.69) is 4.90 Å². The summed E-state index contributed by atoms with van der Waals surface area (Å²) in [6.45, 7) is 3.51. The van der Waals surface area contributed by atoms with E-state index in [1.54, 1.807) is 12.0 Å². The molecule has 4 rings (SSSR count). The smallest absolute Gasteiger partial charge is 0.254 e. The summed E-state index contributed by atoms with van der Waals surface area (Å²) < 4.78 is 5.26. The number of methoxy groups -OCH3 is 1. The standard InChI is InChI=1S/C26H29N3O3/c1-27(18-20-7-5-10-22(17-20)32-2)25(30)19-28-13-15-29(16-14-28)26(31)24-12-6-9-21-8-3-4-11-23(21)24/h3-12,17H,13-16,18-19H2,1-2H3. The van der Waals surface area contributed by atoms with Crippen LogP contribution < -0.4 is 4.74 Å². The van der Waals surface area contributed by atoms with Crippen LogP contribution in [-0.2, 0) is 11.3 Å². The van der Waals surface area contributed by atoms with Crippen LogP contribution in [0.15, 0.2) is 66.7 Å². The predicted molar refractivity (Wildman–Crippen MR) is 126 cm³/mol. The van der Waals surface area contributed by atoms with Crippen molar-refractivity contribution in [2.75, 3.05) is 46.9 Å². The molecule has 0 aliphatic carbocycles. The second-order valence-corrected chi connectivity index (χ2v) is 8.20. The number of fused-ring (bicyclic) bond motifs is 1. The summed E-state index contributed by atoms with van der Waals surface area (Å²) >= 11 is 0. The summed E-state index contributed by atoms with van der Waals surface area (Å²) in [4.78, 5) is 31.6. The molecule has 1 fully saturated rings. The van der Waals surface area contributed by atoms with Gasteiger partial charge in [-0.2, -0.15) is 0 Å². The Labute approximate surface area is 189 Å². The van der Waals surface area contributed by atoms with Gasteiger partial charge in [0.15, 0.2) is 0 Å². The van der Waals surface area contributed by atoms with Crippen LogP contribution >= 0.6 is 0 Å². The monoisotopic (exact) mass is 431 g/mol. The summed E-state index contributed by atoms with van der Waals surface area (Å²) in [5, 5.41) is 2.05. The van der Waals surface area contributed by atoms with Crippen LogP contribution in [0.4, 0.5) is 0 Å². The van der Waals surface area contributed by atoms with Crippen LogP contribution in [0.25, 0.3) is 10.8 Å². The van der Waals surface area contributed by atoms with Crippen molar-refractivity contribution in [1.29, 1.82) is 0 Å². The normalized spacial score (nSPS) is 14.4. The molecular weight excluding hydrogens is 402 g/mol. The topological polar surface area (TPSA) is 53.1 Å². The molecule has 1 aliphatic rings. The molecule has 0 N–H and O–H groups in total. The van der Waals surface area contributed by atoms with Crippen LogP contribution in [0.3, 0.4) is 0 Å². The zero-order valence-electron chi connectivity index (χ0n) is 18.7. The molecule has 3 aromatic carbocycles. The number of amides is 2. The maximum absolute atomic E-state index is 13.1. The highest BCUT2D eigenvalue weighted by Gasteiger charge is 2.25. The molecule has 32 heavy (non-hydrogen) atoms. The minimum absolute atomic E-state index is 0.0583. The largest absolute Gasteiger partial charge is 0.497 e. The lowest BCUT2D eigenvalue weighted by atomic mass is 10.0. The molecule has 0 aromatic heterocycles. The first kappa shape index (κ1) is 21.8. The van der Waals surface area contributed by atoms with E-state index >= 15 is 0 Å². The van der Waals surface area contributed by atoms with Gasteiger partial charge >= 0.3 is 0 Å². The highest BCUT2D eigenvalue weighted by atomic mass is 16.5. The van der Waals surface area contributed by atoms with Crippen LogP contribution in [-0.4, -0.2) is 73.4 Å². The third kappa shape index (κ3) is 4.92. The first-order valence-corrected chi connectivity index (χ1v) is 10.9. The molecule has 1 saturated heterocycles. The average Bonchev–Trinajstić information content (AvgIpc) is 2.83. The number of piperazine rings is 1. The number of likely N-dealkylation sites (N-methyl/N-ethyl adjacent to an activating group) is 1. The van der Waals surface area contributed by atoms with Gasteiger partial charge in [-0.05, 0) is 34.5 Å². The highest BCUT2D eigenvalue weighted by Crippen LogP contribution is 2.21. The molecule has 0 atom stereocenters. The van der Waals surface area contributed by atoms with Crippen LogP contribution in [0.2, 0.25) is 0 Å². The molecule has 0 spiro atoms. The number of carbonyl (C=O) groups excluding carboxylic acids is 2. The minimum Gasteiger partial charge on any atom is -0.497 e. The number of hydrogen-bond acceptors (Lipinski definition) is 4. The van der Waals surface area contributed by atoms with E-state index in [0.717, 1.165) is 27.6 Å². The lowest BCUT2D eigenvalue weighted by Gasteiger charge is -2.35. The third-order valence-corrected chi connectivity index (χ3v) is 6.02. The molecule has 0 unspecified atom stereocenters. The fraction of sp³-hybridized carbons (Fsp3) is 0.308.